The number of carbonyl (C=O) groups is 4. The zero-order valence-electron chi connectivity index (χ0n) is 13.1. The summed E-state index contributed by atoms with van der Waals surface area (Å²) in [6.45, 7) is 0. The fraction of sp³-hybridized carbons (Fsp3) is 0.286. The average Bonchev–Trinajstić information content (AvgIpc) is 3.24. The Labute approximate surface area is 145 Å². The number of hydrogen-bond acceptors (Lipinski definition) is 6. The molecule has 12 nitrogen and oxygen atoms in total. The van der Waals surface area contributed by atoms with E-state index in [2.05, 4.69) is 19.9 Å². The second-order valence-corrected chi connectivity index (χ2v) is 5.04. The normalized spacial score (nSPS) is 23.1. The van der Waals surface area contributed by atoms with Gasteiger partial charge in [0.15, 0.2) is 0 Å². The van der Waals surface area contributed by atoms with Gasteiger partial charge >= 0.3 is 11.9 Å². The molecule has 0 spiro atoms. The summed E-state index contributed by atoms with van der Waals surface area (Å²) in [7, 11) is 0. The van der Waals surface area contributed by atoms with Gasteiger partial charge in [-0.05, 0) is 0 Å². The number of H-pyrrole nitrogens is 4. The number of aliphatic carboxylic acids is 4. The summed E-state index contributed by atoms with van der Waals surface area (Å²) in [5, 5.41) is 38.2. The molecule has 0 aliphatic heterocycles. The van der Waals surface area contributed by atoms with Gasteiger partial charge in [-0.15, -0.1) is 0 Å². The van der Waals surface area contributed by atoms with Crippen LogP contribution in [-0.2, 0) is 19.2 Å². The Bertz CT molecular complexity index is 575. The van der Waals surface area contributed by atoms with E-state index in [4.69, 9.17) is 10.2 Å². The molecule has 3 rings (SSSR count). The van der Waals surface area contributed by atoms with Crippen molar-refractivity contribution in [3.8, 4) is 0 Å². The number of imidazole rings is 2. The minimum absolute atomic E-state index is 1.69. The van der Waals surface area contributed by atoms with Crippen molar-refractivity contribution in [3.63, 3.8) is 0 Å². The molecule has 1 aliphatic carbocycles. The van der Waals surface area contributed by atoms with Crippen molar-refractivity contribution in [1.82, 2.24) is 9.97 Å². The lowest BCUT2D eigenvalue weighted by Gasteiger charge is -2.48. The van der Waals surface area contributed by atoms with Crippen LogP contribution in [0, 0.1) is 23.7 Å². The second kappa shape index (κ2) is 9.56. The fourth-order valence-corrected chi connectivity index (χ4v) is 2.43. The molecule has 6 N–H and O–H groups in total. The fourth-order valence-electron chi connectivity index (χ4n) is 2.43. The number of carboxylic acids is 4. The van der Waals surface area contributed by atoms with Crippen LogP contribution in [0.25, 0.3) is 0 Å². The molecule has 0 radical (unpaired) electrons. The van der Waals surface area contributed by atoms with Crippen LogP contribution in [0.2, 0.25) is 0 Å². The Morgan fingerprint density at radius 2 is 1.08 bits per heavy atom. The summed E-state index contributed by atoms with van der Waals surface area (Å²) in [6.07, 6.45) is 10.8. The van der Waals surface area contributed by atoms with Gasteiger partial charge in [-0.3, -0.25) is 29.5 Å². The summed E-state index contributed by atoms with van der Waals surface area (Å²) < 4.78 is 0. The lowest BCUT2D eigenvalue weighted by atomic mass is 9.56. The van der Waals surface area contributed by atoms with E-state index < -0.39 is 47.5 Å². The third kappa shape index (κ3) is 5.15. The molecule has 0 atom stereocenters. The van der Waals surface area contributed by atoms with Gasteiger partial charge in [0.25, 0.3) is 0 Å². The number of nitrogens with one attached hydrogen (secondary N) is 4. The highest BCUT2D eigenvalue weighted by molar-refractivity contribution is 5.95. The molecule has 1 saturated carbocycles. The van der Waals surface area contributed by atoms with Gasteiger partial charge in [-0.2, -0.15) is 0 Å². The van der Waals surface area contributed by atoms with E-state index in [1.54, 1.807) is 12.7 Å². The third-order valence-electron chi connectivity index (χ3n) is 3.55. The Balaban J connectivity index is 0.000000270. The van der Waals surface area contributed by atoms with Crippen LogP contribution >= 0.6 is 0 Å². The summed E-state index contributed by atoms with van der Waals surface area (Å²) in [6, 6.07) is 0. The average molecular weight is 368 g/mol. The zero-order valence-corrected chi connectivity index (χ0v) is 13.1. The highest BCUT2D eigenvalue weighted by Gasteiger charge is 2.58. The summed E-state index contributed by atoms with van der Waals surface area (Å²) in [5.41, 5.74) is 0. The van der Waals surface area contributed by atoms with E-state index in [0.29, 0.717) is 0 Å². The van der Waals surface area contributed by atoms with Crippen molar-refractivity contribution in [2.24, 2.45) is 23.7 Å². The molecule has 1 aliphatic rings. The predicted octanol–water partition coefficient (Wildman–Crippen LogP) is -4.21. The molecule has 0 saturated heterocycles. The Hall–Kier alpha value is -3.70. The van der Waals surface area contributed by atoms with E-state index in [-0.39, 0.29) is 0 Å². The first-order chi connectivity index (χ1) is 12.3. The van der Waals surface area contributed by atoms with E-state index in [1.165, 1.54) is 0 Å². The molecular weight excluding hydrogens is 352 g/mol. The van der Waals surface area contributed by atoms with Gasteiger partial charge in [0.1, 0.15) is 24.8 Å². The SMILES string of the molecule is O=C([O-])C1C(C(=O)O)C(C(=O)[O-])C1C(=O)O.c1c[nH+]c[nH]1.c1c[nH+]c[nH]1. The number of rotatable bonds is 4. The van der Waals surface area contributed by atoms with Crippen LogP contribution < -0.4 is 20.2 Å². The zero-order chi connectivity index (χ0) is 19.7. The number of carboxylic acid groups (broad SMARTS) is 4. The predicted molar refractivity (Wildman–Crippen MR) is 73.9 cm³/mol. The topological polar surface area (TPSA) is 215 Å². The lowest BCUT2D eigenvalue weighted by molar-refractivity contribution is -0.376. The first kappa shape index (κ1) is 20.3. The molecule has 2 aromatic rings. The van der Waals surface area contributed by atoms with Crippen LogP contribution in [0.15, 0.2) is 37.4 Å². The maximum Gasteiger partial charge on any atom is 0.307 e. The van der Waals surface area contributed by atoms with Crippen molar-refractivity contribution in [2.75, 3.05) is 0 Å². The molecule has 2 heterocycles. The van der Waals surface area contributed by atoms with Gasteiger partial charge < -0.3 is 30.0 Å². The van der Waals surface area contributed by atoms with Crippen molar-refractivity contribution in [2.45, 2.75) is 0 Å². The van der Waals surface area contributed by atoms with Crippen molar-refractivity contribution < 1.29 is 49.6 Å². The van der Waals surface area contributed by atoms with Gasteiger partial charge in [-0.1, -0.05) is 0 Å². The highest BCUT2D eigenvalue weighted by Crippen LogP contribution is 2.46. The van der Waals surface area contributed by atoms with E-state index in [1.807, 2.05) is 24.8 Å². The van der Waals surface area contributed by atoms with Crippen molar-refractivity contribution in [3.05, 3.63) is 37.4 Å². The molecule has 1 fully saturated rings. The van der Waals surface area contributed by atoms with Crippen LogP contribution in [-0.4, -0.2) is 44.1 Å². The molecule has 0 aromatic carbocycles. The van der Waals surface area contributed by atoms with Gasteiger partial charge in [-0.25, -0.2) is 0 Å². The number of hydrogen-bond donors (Lipinski definition) is 4. The molecule has 0 amide bonds. The van der Waals surface area contributed by atoms with Gasteiger partial charge in [0, 0.05) is 23.8 Å². The Morgan fingerprint density at radius 1 is 0.731 bits per heavy atom. The maximum atomic E-state index is 10.6. The Kier molecular flexibility index (Phi) is 7.48. The molecule has 26 heavy (non-hydrogen) atoms. The summed E-state index contributed by atoms with van der Waals surface area (Å²) in [4.78, 5) is 53.5. The van der Waals surface area contributed by atoms with Crippen molar-refractivity contribution >= 4 is 23.9 Å². The van der Waals surface area contributed by atoms with E-state index >= 15 is 0 Å². The van der Waals surface area contributed by atoms with Crippen LogP contribution in [0.5, 0.6) is 0 Å². The molecule has 0 unspecified atom stereocenters. The van der Waals surface area contributed by atoms with Crippen LogP contribution in [0.1, 0.15) is 0 Å². The van der Waals surface area contributed by atoms with E-state index in [9.17, 15) is 29.4 Å². The standard InChI is InChI=1S/C8H8O8.2C3H4N2/c9-5(10)1-2(6(11)12)4(8(15)16)3(1)7(13)14;2*1-2-5-3-4-1/h1-4H,(H,9,10)(H,11,12)(H,13,14)(H,15,16);2*1-3H,(H,4,5). The monoisotopic (exact) mass is 368 g/mol. The quantitative estimate of drug-likeness (QED) is 0.414. The molecule has 12 heteroatoms. The van der Waals surface area contributed by atoms with Crippen LogP contribution in [0.4, 0.5) is 0 Å². The summed E-state index contributed by atoms with van der Waals surface area (Å²) in [5.74, 6) is -14.5. The Morgan fingerprint density at radius 3 is 1.19 bits per heavy atom. The number of aromatic nitrogens is 4. The number of aromatic amines is 4. The molecule has 2 aromatic heterocycles. The largest absolute Gasteiger partial charge is 0.550 e. The van der Waals surface area contributed by atoms with Crippen LogP contribution in [0.3, 0.4) is 0 Å². The highest BCUT2D eigenvalue weighted by atomic mass is 16.4. The smallest absolute Gasteiger partial charge is 0.307 e. The van der Waals surface area contributed by atoms with E-state index in [0.717, 1.165) is 0 Å². The number of carbonyl (C=O) groups excluding carboxylic acids is 2. The van der Waals surface area contributed by atoms with Crippen molar-refractivity contribution in [1.29, 1.82) is 0 Å². The van der Waals surface area contributed by atoms with Gasteiger partial charge in [0.2, 0.25) is 12.7 Å². The molecule has 0 bridgehead atoms. The lowest BCUT2D eigenvalue weighted by Crippen LogP contribution is -2.64. The second-order valence-electron chi connectivity index (χ2n) is 5.04. The first-order valence-corrected chi connectivity index (χ1v) is 7.14. The molecule has 140 valence electrons. The molecular formula is C14H16N4O8. The first-order valence-electron chi connectivity index (χ1n) is 7.14. The van der Waals surface area contributed by atoms with Gasteiger partial charge in [0.05, 0.1) is 11.8 Å². The summed E-state index contributed by atoms with van der Waals surface area (Å²) >= 11 is 0. The minimum Gasteiger partial charge on any atom is -0.550 e. The maximum absolute atomic E-state index is 10.6. The minimum atomic E-state index is -1.89. The third-order valence-corrected chi connectivity index (χ3v) is 3.55.